The van der Waals surface area contributed by atoms with Gasteiger partial charge in [0.05, 0.1) is 0 Å². The Kier molecular flexibility index (Phi) is 3.73. The van der Waals surface area contributed by atoms with Crippen molar-refractivity contribution in [1.29, 1.82) is 0 Å². The molecular formula is C25H27N. The van der Waals surface area contributed by atoms with Crippen LogP contribution in [0.4, 0.5) is 11.4 Å². The van der Waals surface area contributed by atoms with Crippen LogP contribution < -0.4 is 5.32 Å². The molecule has 0 aromatic heterocycles. The number of rotatable bonds is 2. The van der Waals surface area contributed by atoms with Crippen LogP contribution in [0.5, 0.6) is 0 Å². The first-order chi connectivity index (χ1) is 12.3. The number of nitrogens with one attached hydrogen (secondary N) is 1. The molecule has 26 heavy (non-hydrogen) atoms. The maximum absolute atomic E-state index is 3.72. The molecule has 1 N–H and O–H groups in total. The van der Waals surface area contributed by atoms with Gasteiger partial charge in [-0.2, -0.15) is 0 Å². The van der Waals surface area contributed by atoms with Crippen LogP contribution in [0.25, 0.3) is 11.1 Å². The maximum Gasteiger partial charge on any atom is 0.0448 e. The number of aryl methyl sites for hydroxylation is 2. The van der Waals surface area contributed by atoms with Gasteiger partial charge in [0.25, 0.3) is 0 Å². The second kappa shape index (κ2) is 5.74. The smallest absolute Gasteiger partial charge is 0.0448 e. The molecule has 1 heteroatoms. The first kappa shape index (κ1) is 16.9. The molecule has 1 nitrogen and oxygen atoms in total. The summed E-state index contributed by atoms with van der Waals surface area (Å²) in [5.74, 6) is 0. The fourth-order valence-corrected chi connectivity index (χ4v) is 4.33. The lowest BCUT2D eigenvalue weighted by Crippen LogP contribution is -2.15. The third-order valence-corrected chi connectivity index (χ3v) is 6.22. The molecule has 132 valence electrons. The Hall–Kier alpha value is -2.54. The van der Waals surface area contributed by atoms with E-state index in [0.717, 1.165) is 0 Å². The second-order valence-corrected chi connectivity index (χ2v) is 8.19. The van der Waals surface area contributed by atoms with E-state index in [0.29, 0.717) is 0 Å². The Bertz CT molecular complexity index is 998. The van der Waals surface area contributed by atoms with E-state index in [1.54, 1.807) is 0 Å². The lowest BCUT2D eigenvalue weighted by Gasteiger charge is -2.23. The van der Waals surface area contributed by atoms with Crippen LogP contribution in [-0.4, -0.2) is 0 Å². The molecule has 1 aliphatic rings. The van der Waals surface area contributed by atoms with Gasteiger partial charge < -0.3 is 5.32 Å². The van der Waals surface area contributed by atoms with Crippen molar-refractivity contribution in [2.24, 2.45) is 0 Å². The number of benzene rings is 3. The zero-order valence-electron chi connectivity index (χ0n) is 16.6. The maximum atomic E-state index is 3.72. The standard InChI is InChI=1S/C25H27N/c1-15-13-16(2)18(4)24(17(15)3)26-19-11-12-21-20-9-7-8-10-22(20)25(5,6)23(21)14-19/h7-14,26H,1-6H3. The summed E-state index contributed by atoms with van der Waals surface area (Å²) in [7, 11) is 0. The SMILES string of the molecule is Cc1cc(C)c(C)c(Nc2ccc3c(c2)C(C)(C)c2ccccc2-3)c1C. The fourth-order valence-electron chi connectivity index (χ4n) is 4.33. The zero-order valence-corrected chi connectivity index (χ0v) is 16.6. The largest absolute Gasteiger partial charge is 0.355 e. The summed E-state index contributed by atoms with van der Waals surface area (Å²) in [5.41, 5.74) is 13.4. The molecule has 0 saturated carbocycles. The highest BCUT2D eigenvalue weighted by Gasteiger charge is 2.35. The minimum atomic E-state index is 0.0379. The second-order valence-electron chi connectivity index (χ2n) is 8.19. The zero-order chi connectivity index (χ0) is 18.6. The Balaban J connectivity index is 1.81. The van der Waals surface area contributed by atoms with E-state index < -0.39 is 0 Å². The van der Waals surface area contributed by atoms with Crippen LogP contribution in [0, 0.1) is 27.7 Å². The average Bonchev–Trinajstić information content (AvgIpc) is 2.85. The van der Waals surface area contributed by atoms with Gasteiger partial charge in [-0.15, -0.1) is 0 Å². The number of hydrogen-bond acceptors (Lipinski definition) is 1. The van der Waals surface area contributed by atoms with Gasteiger partial charge in [0, 0.05) is 16.8 Å². The number of hydrogen-bond donors (Lipinski definition) is 1. The van der Waals surface area contributed by atoms with Gasteiger partial charge in [-0.3, -0.25) is 0 Å². The molecule has 1 aliphatic carbocycles. The third-order valence-electron chi connectivity index (χ3n) is 6.22. The highest BCUT2D eigenvalue weighted by atomic mass is 14.9. The van der Waals surface area contributed by atoms with E-state index in [2.05, 4.69) is 95.4 Å². The Morgan fingerprint density at radius 1 is 0.692 bits per heavy atom. The minimum absolute atomic E-state index is 0.0379. The van der Waals surface area contributed by atoms with Gasteiger partial charge in [-0.1, -0.05) is 50.2 Å². The normalized spacial score (nSPS) is 14.1. The molecule has 0 aliphatic heterocycles. The van der Waals surface area contributed by atoms with Crippen molar-refractivity contribution >= 4 is 11.4 Å². The predicted molar refractivity (Wildman–Crippen MR) is 113 cm³/mol. The monoisotopic (exact) mass is 341 g/mol. The third kappa shape index (κ3) is 2.38. The van der Waals surface area contributed by atoms with Crippen molar-refractivity contribution in [3.05, 3.63) is 81.9 Å². The summed E-state index contributed by atoms with van der Waals surface area (Å²) in [6.07, 6.45) is 0. The summed E-state index contributed by atoms with van der Waals surface area (Å²) in [5, 5.41) is 3.72. The summed E-state index contributed by atoms with van der Waals surface area (Å²) in [6.45, 7) is 13.4. The molecule has 0 saturated heterocycles. The molecule has 0 bridgehead atoms. The summed E-state index contributed by atoms with van der Waals surface area (Å²) in [4.78, 5) is 0. The lowest BCUT2D eigenvalue weighted by atomic mass is 9.82. The van der Waals surface area contributed by atoms with Crippen LogP contribution in [-0.2, 0) is 5.41 Å². The van der Waals surface area contributed by atoms with Gasteiger partial charge in [-0.05, 0) is 84.3 Å². The van der Waals surface area contributed by atoms with E-state index in [-0.39, 0.29) is 5.41 Å². The fraction of sp³-hybridized carbons (Fsp3) is 0.280. The first-order valence-electron chi connectivity index (χ1n) is 9.39. The number of anilines is 2. The van der Waals surface area contributed by atoms with E-state index in [1.165, 1.54) is 55.9 Å². The highest BCUT2D eigenvalue weighted by molar-refractivity contribution is 5.83. The van der Waals surface area contributed by atoms with E-state index in [1.807, 2.05) is 0 Å². The highest BCUT2D eigenvalue weighted by Crippen LogP contribution is 2.49. The lowest BCUT2D eigenvalue weighted by molar-refractivity contribution is 0.660. The molecule has 3 aromatic carbocycles. The Morgan fingerprint density at radius 3 is 2.00 bits per heavy atom. The first-order valence-corrected chi connectivity index (χ1v) is 9.39. The van der Waals surface area contributed by atoms with Crippen LogP contribution in [0.15, 0.2) is 48.5 Å². The van der Waals surface area contributed by atoms with Gasteiger partial charge in [0.15, 0.2) is 0 Å². The summed E-state index contributed by atoms with van der Waals surface area (Å²) < 4.78 is 0. The summed E-state index contributed by atoms with van der Waals surface area (Å²) >= 11 is 0. The predicted octanol–water partition coefficient (Wildman–Crippen LogP) is 6.97. The molecule has 0 unspecified atom stereocenters. The molecular weight excluding hydrogens is 314 g/mol. The molecule has 0 atom stereocenters. The molecule has 4 rings (SSSR count). The van der Waals surface area contributed by atoms with Crippen molar-refractivity contribution in [2.45, 2.75) is 47.0 Å². The van der Waals surface area contributed by atoms with Crippen molar-refractivity contribution < 1.29 is 0 Å². The van der Waals surface area contributed by atoms with Gasteiger partial charge in [-0.25, -0.2) is 0 Å². The topological polar surface area (TPSA) is 12.0 Å². The van der Waals surface area contributed by atoms with Gasteiger partial charge >= 0.3 is 0 Å². The molecule has 0 spiro atoms. The molecule has 0 amide bonds. The van der Waals surface area contributed by atoms with Crippen LogP contribution in [0.1, 0.15) is 47.2 Å². The van der Waals surface area contributed by atoms with Gasteiger partial charge in [0.2, 0.25) is 0 Å². The van der Waals surface area contributed by atoms with Crippen molar-refractivity contribution in [3.8, 4) is 11.1 Å². The average molecular weight is 341 g/mol. The van der Waals surface area contributed by atoms with Crippen LogP contribution in [0.3, 0.4) is 0 Å². The van der Waals surface area contributed by atoms with Crippen molar-refractivity contribution in [1.82, 2.24) is 0 Å². The van der Waals surface area contributed by atoms with Crippen LogP contribution >= 0.6 is 0 Å². The molecule has 0 radical (unpaired) electrons. The van der Waals surface area contributed by atoms with Crippen molar-refractivity contribution in [3.63, 3.8) is 0 Å². The minimum Gasteiger partial charge on any atom is -0.355 e. The molecule has 0 fully saturated rings. The van der Waals surface area contributed by atoms with Crippen molar-refractivity contribution in [2.75, 3.05) is 5.32 Å². The van der Waals surface area contributed by atoms with E-state index in [9.17, 15) is 0 Å². The van der Waals surface area contributed by atoms with E-state index in [4.69, 9.17) is 0 Å². The Morgan fingerprint density at radius 2 is 1.31 bits per heavy atom. The Labute approximate surface area is 157 Å². The molecule has 0 heterocycles. The quantitative estimate of drug-likeness (QED) is 0.530. The number of fused-ring (bicyclic) bond motifs is 3. The summed E-state index contributed by atoms with van der Waals surface area (Å²) in [6, 6.07) is 17.9. The van der Waals surface area contributed by atoms with Gasteiger partial charge in [0.1, 0.15) is 0 Å². The van der Waals surface area contributed by atoms with E-state index >= 15 is 0 Å². The molecule has 3 aromatic rings. The van der Waals surface area contributed by atoms with Crippen LogP contribution in [0.2, 0.25) is 0 Å².